The lowest BCUT2D eigenvalue weighted by atomic mass is 10.1. The number of nitrogens with zero attached hydrogens (tertiary/aromatic N) is 3. The van der Waals surface area contributed by atoms with Crippen LogP contribution in [-0.4, -0.2) is 33.5 Å². The molecule has 3 rings (SSSR count). The topological polar surface area (TPSA) is 78.3 Å². The fourth-order valence-corrected chi connectivity index (χ4v) is 3.82. The summed E-state index contributed by atoms with van der Waals surface area (Å²) in [6, 6.07) is 13.4. The molecule has 0 aliphatic carbocycles. The zero-order valence-corrected chi connectivity index (χ0v) is 18.5. The quantitative estimate of drug-likeness (QED) is 0.516. The van der Waals surface area contributed by atoms with Gasteiger partial charge in [-0.1, -0.05) is 41.6 Å². The summed E-state index contributed by atoms with van der Waals surface area (Å²) in [5.41, 5.74) is 3.04. The number of amides is 1. The van der Waals surface area contributed by atoms with Gasteiger partial charge in [-0.15, -0.1) is 10.2 Å². The first-order valence-corrected chi connectivity index (χ1v) is 10.7. The van der Waals surface area contributed by atoms with Crippen molar-refractivity contribution in [2.45, 2.75) is 39.1 Å². The predicted octanol–water partition coefficient (Wildman–Crippen LogP) is 4.23. The van der Waals surface area contributed by atoms with Crippen molar-refractivity contribution in [3.05, 3.63) is 59.4 Å². The van der Waals surface area contributed by atoms with Crippen LogP contribution >= 0.6 is 11.8 Å². The Hall–Kier alpha value is -3.00. The van der Waals surface area contributed by atoms with Crippen molar-refractivity contribution >= 4 is 23.4 Å². The molecule has 2 aromatic carbocycles. The predicted molar refractivity (Wildman–Crippen MR) is 118 cm³/mol. The Morgan fingerprint density at radius 1 is 1.13 bits per heavy atom. The van der Waals surface area contributed by atoms with Gasteiger partial charge in [-0.25, -0.2) is 0 Å². The summed E-state index contributed by atoms with van der Waals surface area (Å²) in [6.45, 7) is 6.96. The molecule has 1 amide bonds. The first-order chi connectivity index (χ1) is 14.5. The molecule has 0 bridgehead atoms. The lowest BCUT2D eigenvalue weighted by Crippen LogP contribution is -2.15. The fraction of sp³-hybridized carbons (Fsp3) is 0.318. The van der Waals surface area contributed by atoms with Gasteiger partial charge in [0.1, 0.15) is 6.61 Å². The van der Waals surface area contributed by atoms with Crippen molar-refractivity contribution in [1.82, 2.24) is 14.8 Å². The third kappa shape index (κ3) is 5.33. The summed E-state index contributed by atoms with van der Waals surface area (Å²) in [6.07, 6.45) is 0. The normalized spacial score (nSPS) is 10.7. The average molecular weight is 427 g/mol. The van der Waals surface area contributed by atoms with Crippen LogP contribution in [0, 0.1) is 13.8 Å². The molecule has 0 saturated carbocycles. The number of anilines is 1. The summed E-state index contributed by atoms with van der Waals surface area (Å²) in [5, 5.41) is 12.1. The number of thioether (sulfide) groups is 1. The van der Waals surface area contributed by atoms with Crippen molar-refractivity contribution in [2.24, 2.45) is 0 Å². The second-order valence-corrected chi connectivity index (χ2v) is 7.68. The van der Waals surface area contributed by atoms with Crippen molar-refractivity contribution in [2.75, 3.05) is 18.2 Å². The van der Waals surface area contributed by atoms with Gasteiger partial charge in [-0.2, -0.15) is 0 Å². The smallest absolute Gasteiger partial charge is 0.234 e. The molecule has 1 heterocycles. The van der Waals surface area contributed by atoms with Crippen LogP contribution in [0.15, 0.2) is 47.6 Å². The number of carbonyl (C=O) groups is 1. The molecular weight excluding hydrogens is 400 g/mol. The summed E-state index contributed by atoms with van der Waals surface area (Å²) >= 11 is 1.36. The number of aryl methyl sites for hydroxylation is 2. The average Bonchev–Trinajstić information content (AvgIpc) is 3.14. The minimum Gasteiger partial charge on any atom is -0.493 e. The van der Waals surface area contributed by atoms with Gasteiger partial charge in [-0.3, -0.25) is 4.79 Å². The molecule has 0 aliphatic heterocycles. The summed E-state index contributed by atoms with van der Waals surface area (Å²) in [5.74, 6) is 2.18. The number of hydrogen-bond acceptors (Lipinski definition) is 6. The van der Waals surface area contributed by atoms with E-state index in [-0.39, 0.29) is 18.3 Å². The van der Waals surface area contributed by atoms with Crippen molar-refractivity contribution in [3.8, 4) is 11.5 Å². The SMILES string of the molecule is CCn1c(COc2ccccc2OC)nnc1SCC(=O)Nc1ccc(C)cc1C. The molecule has 0 spiro atoms. The molecule has 1 N–H and O–H groups in total. The van der Waals surface area contributed by atoms with Crippen LogP contribution in [0.4, 0.5) is 5.69 Å². The lowest BCUT2D eigenvalue weighted by molar-refractivity contribution is -0.113. The Labute approximate surface area is 180 Å². The van der Waals surface area contributed by atoms with Crippen LogP contribution in [0.2, 0.25) is 0 Å². The highest BCUT2D eigenvalue weighted by molar-refractivity contribution is 7.99. The largest absolute Gasteiger partial charge is 0.493 e. The Morgan fingerprint density at radius 2 is 1.90 bits per heavy atom. The van der Waals surface area contributed by atoms with E-state index in [0.29, 0.717) is 29.0 Å². The van der Waals surface area contributed by atoms with Crippen molar-refractivity contribution < 1.29 is 14.3 Å². The van der Waals surface area contributed by atoms with Gasteiger partial charge >= 0.3 is 0 Å². The van der Waals surface area contributed by atoms with E-state index in [1.54, 1.807) is 7.11 Å². The zero-order chi connectivity index (χ0) is 21.5. The standard InChI is InChI=1S/C22H26N4O3S/c1-5-26-20(13-29-19-9-7-6-8-18(19)28-4)24-25-22(26)30-14-21(27)23-17-11-10-15(2)12-16(17)3/h6-12H,5,13-14H2,1-4H3,(H,23,27). The molecule has 0 saturated heterocycles. The third-order valence-electron chi connectivity index (χ3n) is 4.52. The number of hydrogen-bond donors (Lipinski definition) is 1. The Bertz CT molecular complexity index is 1020. The lowest BCUT2D eigenvalue weighted by Gasteiger charge is -2.11. The number of para-hydroxylation sites is 2. The van der Waals surface area contributed by atoms with Gasteiger partial charge in [0.25, 0.3) is 0 Å². The van der Waals surface area contributed by atoms with E-state index < -0.39 is 0 Å². The molecule has 0 radical (unpaired) electrons. The van der Waals surface area contributed by atoms with E-state index in [1.165, 1.54) is 17.3 Å². The number of nitrogens with one attached hydrogen (secondary N) is 1. The number of carbonyl (C=O) groups excluding carboxylic acids is 1. The van der Waals surface area contributed by atoms with E-state index in [4.69, 9.17) is 9.47 Å². The number of benzene rings is 2. The van der Waals surface area contributed by atoms with Gasteiger partial charge < -0.3 is 19.4 Å². The molecule has 158 valence electrons. The monoisotopic (exact) mass is 426 g/mol. The number of rotatable bonds is 9. The minimum atomic E-state index is -0.0792. The van der Waals surface area contributed by atoms with Crippen LogP contribution in [0.1, 0.15) is 23.9 Å². The van der Waals surface area contributed by atoms with Crippen LogP contribution in [0.25, 0.3) is 0 Å². The Kier molecular flexibility index (Phi) is 7.35. The molecule has 3 aromatic rings. The molecule has 0 atom stereocenters. The summed E-state index contributed by atoms with van der Waals surface area (Å²) in [4.78, 5) is 12.4. The van der Waals surface area contributed by atoms with Gasteiger partial charge in [0.05, 0.1) is 12.9 Å². The zero-order valence-electron chi connectivity index (χ0n) is 17.6. The highest BCUT2D eigenvalue weighted by Crippen LogP contribution is 2.27. The summed E-state index contributed by atoms with van der Waals surface area (Å²) in [7, 11) is 1.61. The molecule has 30 heavy (non-hydrogen) atoms. The maximum Gasteiger partial charge on any atom is 0.234 e. The maximum absolute atomic E-state index is 12.4. The molecule has 1 aromatic heterocycles. The second-order valence-electron chi connectivity index (χ2n) is 6.74. The molecule has 0 fully saturated rings. The van der Waals surface area contributed by atoms with E-state index >= 15 is 0 Å². The number of methoxy groups -OCH3 is 1. The molecule has 0 aliphatic rings. The van der Waals surface area contributed by atoms with Gasteiger partial charge in [0.15, 0.2) is 22.5 Å². The van der Waals surface area contributed by atoms with Gasteiger partial charge in [-0.05, 0) is 44.5 Å². The van der Waals surface area contributed by atoms with Crippen LogP contribution in [0.5, 0.6) is 11.5 Å². The Morgan fingerprint density at radius 3 is 2.60 bits per heavy atom. The van der Waals surface area contributed by atoms with Gasteiger partial charge in [0, 0.05) is 12.2 Å². The number of ether oxygens (including phenoxy) is 2. The molecular formula is C22H26N4O3S. The van der Waals surface area contributed by atoms with E-state index in [1.807, 2.05) is 67.8 Å². The van der Waals surface area contributed by atoms with Crippen molar-refractivity contribution in [3.63, 3.8) is 0 Å². The van der Waals surface area contributed by atoms with E-state index in [2.05, 4.69) is 15.5 Å². The first kappa shape index (κ1) is 21.7. The van der Waals surface area contributed by atoms with Crippen LogP contribution in [0.3, 0.4) is 0 Å². The number of aromatic nitrogens is 3. The highest BCUT2D eigenvalue weighted by Gasteiger charge is 2.15. The third-order valence-corrected chi connectivity index (χ3v) is 5.49. The Balaban J connectivity index is 1.60. The molecule has 8 heteroatoms. The van der Waals surface area contributed by atoms with Crippen molar-refractivity contribution in [1.29, 1.82) is 0 Å². The van der Waals surface area contributed by atoms with E-state index in [9.17, 15) is 4.79 Å². The molecule has 7 nitrogen and oxygen atoms in total. The van der Waals surface area contributed by atoms with Gasteiger partial charge in [0.2, 0.25) is 5.91 Å². The van der Waals surface area contributed by atoms with Crippen LogP contribution in [-0.2, 0) is 17.9 Å². The maximum atomic E-state index is 12.4. The first-order valence-electron chi connectivity index (χ1n) is 9.69. The fourth-order valence-electron chi connectivity index (χ4n) is 3.00. The highest BCUT2D eigenvalue weighted by atomic mass is 32.2. The van der Waals surface area contributed by atoms with E-state index in [0.717, 1.165) is 11.3 Å². The van der Waals surface area contributed by atoms with Crippen LogP contribution < -0.4 is 14.8 Å². The molecule has 0 unspecified atom stereocenters. The second kappa shape index (κ2) is 10.2. The minimum absolute atomic E-state index is 0.0792. The summed E-state index contributed by atoms with van der Waals surface area (Å²) < 4.78 is 13.1.